The van der Waals surface area contributed by atoms with E-state index in [1.165, 1.54) is 0 Å². The van der Waals surface area contributed by atoms with E-state index in [9.17, 15) is 8.42 Å². The summed E-state index contributed by atoms with van der Waals surface area (Å²) in [6.07, 6.45) is 5.67. The van der Waals surface area contributed by atoms with Gasteiger partial charge >= 0.3 is 0 Å². The number of rotatable bonds is 9. The highest BCUT2D eigenvalue weighted by atomic mass is 35.5. The number of aromatic nitrogens is 3. The summed E-state index contributed by atoms with van der Waals surface area (Å²) in [6.45, 7) is 5.44. The highest BCUT2D eigenvalue weighted by molar-refractivity contribution is 7.91. The van der Waals surface area contributed by atoms with Gasteiger partial charge in [-0.1, -0.05) is 29.8 Å². The Balaban J connectivity index is 1.33. The molecule has 1 aliphatic heterocycles. The second-order valence-corrected chi connectivity index (χ2v) is 14.1. The van der Waals surface area contributed by atoms with Crippen molar-refractivity contribution in [1.29, 1.82) is 0 Å². The lowest BCUT2D eigenvalue weighted by Gasteiger charge is -2.35. The van der Waals surface area contributed by atoms with Gasteiger partial charge in [0.2, 0.25) is 10.0 Å². The van der Waals surface area contributed by atoms with Crippen LogP contribution in [-0.4, -0.2) is 48.5 Å². The summed E-state index contributed by atoms with van der Waals surface area (Å²) in [5.41, 5.74) is 7.97. The number of nitrogens with one attached hydrogen (secondary N) is 2. The number of halogens is 3. The van der Waals surface area contributed by atoms with Crippen molar-refractivity contribution in [3.05, 3.63) is 70.4 Å². The molecule has 44 heavy (non-hydrogen) atoms. The third kappa shape index (κ3) is 6.13. The summed E-state index contributed by atoms with van der Waals surface area (Å²) in [7, 11) is -4.10. The van der Waals surface area contributed by atoms with Crippen LogP contribution in [0.4, 0.5) is 20.3 Å². The molecule has 2 aromatic heterocycles. The number of nitrogens with zero attached hydrogens (tertiary/aromatic N) is 3. The van der Waals surface area contributed by atoms with Crippen molar-refractivity contribution in [3.8, 4) is 11.3 Å². The van der Waals surface area contributed by atoms with E-state index in [0.29, 0.717) is 23.0 Å². The maximum Gasteiger partial charge on any atom is 0.237 e. The number of ether oxygens (including phenoxy) is 1. The van der Waals surface area contributed by atoms with Crippen molar-refractivity contribution in [2.75, 3.05) is 23.7 Å². The quantitative estimate of drug-likeness (QED) is 0.200. The van der Waals surface area contributed by atoms with E-state index in [2.05, 4.69) is 15.0 Å². The fraction of sp³-hybridized carbons (Fsp3) is 0.419. The third-order valence-electron chi connectivity index (χ3n) is 8.43. The molecule has 2 aliphatic rings. The fourth-order valence-corrected chi connectivity index (χ4v) is 7.65. The normalized spacial score (nSPS) is 19.4. The lowest BCUT2D eigenvalue weighted by molar-refractivity contribution is -0.0121. The lowest BCUT2D eigenvalue weighted by atomic mass is 9.81. The van der Waals surface area contributed by atoms with Gasteiger partial charge in [0.05, 0.1) is 41.6 Å². The van der Waals surface area contributed by atoms with Crippen molar-refractivity contribution in [1.82, 2.24) is 20.1 Å². The van der Waals surface area contributed by atoms with Crippen molar-refractivity contribution >= 4 is 44.0 Å². The summed E-state index contributed by atoms with van der Waals surface area (Å²) in [6, 6.07) is 8.95. The molecule has 4 N–H and O–H groups in total. The Bertz CT molecular complexity index is 1800. The van der Waals surface area contributed by atoms with Gasteiger partial charge in [-0.15, -0.1) is 0 Å². The van der Waals surface area contributed by atoms with Crippen LogP contribution in [0.3, 0.4) is 0 Å². The minimum Gasteiger partial charge on any atom is -0.383 e. The van der Waals surface area contributed by atoms with Crippen LogP contribution in [0, 0.1) is 11.6 Å². The zero-order chi connectivity index (χ0) is 31.2. The third-order valence-corrected chi connectivity index (χ3v) is 10.0. The molecule has 0 amide bonds. The average molecular weight is 645 g/mol. The fourth-order valence-electron chi connectivity index (χ4n) is 6.15. The van der Waals surface area contributed by atoms with E-state index in [0.717, 1.165) is 62.1 Å². The summed E-state index contributed by atoms with van der Waals surface area (Å²) in [5.74, 6) is -1.94. The number of pyridine rings is 1. The molecule has 0 spiro atoms. The predicted octanol–water partition coefficient (Wildman–Crippen LogP) is 6.15. The summed E-state index contributed by atoms with van der Waals surface area (Å²) < 4.78 is 66.0. The van der Waals surface area contributed by atoms with E-state index < -0.39 is 33.1 Å². The number of anilines is 2. The van der Waals surface area contributed by atoms with E-state index in [1.807, 2.05) is 13.8 Å². The van der Waals surface area contributed by atoms with Gasteiger partial charge in [-0.3, -0.25) is 9.40 Å². The molecule has 2 aromatic carbocycles. The highest BCUT2D eigenvalue weighted by Gasteiger charge is 2.31. The van der Waals surface area contributed by atoms with Gasteiger partial charge in [-0.25, -0.2) is 22.2 Å². The van der Waals surface area contributed by atoms with Crippen LogP contribution in [0.5, 0.6) is 0 Å². The Morgan fingerprint density at radius 1 is 1.09 bits per heavy atom. The van der Waals surface area contributed by atoms with Gasteiger partial charge in [0.25, 0.3) is 0 Å². The van der Waals surface area contributed by atoms with Gasteiger partial charge in [0.15, 0.2) is 0 Å². The molecular formula is C31H35ClF2N6O3S. The van der Waals surface area contributed by atoms with Gasteiger partial charge < -0.3 is 15.8 Å². The van der Waals surface area contributed by atoms with Crippen LogP contribution < -0.4 is 15.8 Å². The van der Waals surface area contributed by atoms with E-state index in [4.69, 9.17) is 27.2 Å². The predicted molar refractivity (Wildman–Crippen MR) is 168 cm³/mol. The van der Waals surface area contributed by atoms with Crippen molar-refractivity contribution in [2.45, 2.75) is 69.3 Å². The lowest BCUT2D eigenvalue weighted by Crippen LogP contribution is -2.51. The highest BCUT2D eigenvalue weighted by Crippen LogP contribution is 2.42. The van der Waals surface area contributed by atoms with Gasteiger partial charge in [0, 0.05) is 34.9 Å². The molecule has 1 saturated carbocycles. The van der Waals surface area contributed by atoms with Gasteiger partial charge in [0.1, 0.15) is 23.1 Å². The Hall–Kier alpha value is -3.32. The van der Waals surface area contributed by atoms with Gasteiger partial charge in [-0.2, -0.15) is 5.10 Å². The van der Waals surface area contributed by atoms with Crippen LogP contribution in [0.1, 0.15) is 62.6 Å². The molecule has 1 saturated heterocycles. The number of fused-ring (bicyclic) bond motifs is 1. The number of nitrogens with two attached hydrogens (primary N) is 1. The first-order valence-corrected chi connectivity index (χ1v) is 16.8. The number of sulfonamides is 1. The molecule has 0 bridgehead atoms. The smallest absolute Gasteiger partial charge is 0.237 e. The number of benzene rings is 2. The number of nitrogen functional groups attached to an aromatic ring is 1. The molecule has 1 aliphatic carbocycles. The molecule has 9 nitrogen and oxygen atoms in total. The first kappa shape index (κ1) is 30.7. The summed E-state index contributed by atoms with van der Waals surface area (Å²) >= 11 is 6.10. The molecule has 0 radical (unpaired) electrons. The second-order valence-electron chi connectivity index (χ2n) is 11.9. The van der Waals surface area contributed by atoms with Crippen molar-refractivity contribution in [3.63, 3.8) is 0 Å². The maximum atomic E-state index is 15.7. The van der Waals surface area contributed by atoms with Crippen LogP contribution in [0.2, 0.25) is 5.02 Å². The Labute approximate surface area is 260 Å². The zero-order valence-corrected chi connectivity index (χ0v) is 26.1. The Kier molecular flexibility index (Phi) is 8.53. The SMILES string of the molecule is CC(C)n1nc(-c2cc(F)c(NS(=O)(=O)Cc3ccccc3Cl)cc2F)c2c(N)ncc([C@H]3CC[C@H](NC4COC4)CC3)c21. The van der Waals surface area contributed by atoms with Crippen molar-refractivity contribution < 1.29 is 21.9 Å². The first-order chi connectivity index (χ1) is 21.0. The number of hydrogen-bond acceptors (Lipinski definition) is 7. The topological polar surface area (TPSA) is 124 Å². The van der Waals surface area contributed by atoms with Crippen LogP contribution in [-0.2, 0) is 20.5 Å². The van der Waals surface area contributed by atoms with Crippen LogP contribution >= 0.6 is 11.6 Å². The largest absolute Gasteiger partial charge is 0.383 e. The van der Waals surface area contributed by atoms with E-state index >= 15 is 8.78 Å². The molecule has 0 unspecified atom stereocenters. The van der Waals surface area contributed by atoms with Gasteiger partial charge in [-0.05, 0) is 68.7 Å². The molecule has 3 heterocycles. The molecule has 4 aromatic rings. The molecule has 6 rings (SSSR count). The van der Waals surface area contributed by atoms with Crippen molar-refractivity contribution in [2.24, 2.45) is 0 Å². The standard InChI is InChI=1S/C31H35ClF2N6O3S/c1-17(2)40-30-23(18-7-9-20(10-8-18)37-21-14-43-15-21)13-36-31(35)28(30)29(38-40)22-11-26(34)27(12-25(22)33)39-44(41,42)16-19-5-3-4-6-24(19)32/h3-6,11-13,17-18,20-21,37,39H,7-10,14-16H2,1-2H3,(H2,35,36)/t18-,20-. The van der Waals surface area contributed by atoms with Crippen LogP contribution in [0.15, 0.2) is 42.6 Å². The molecule has 2 fully saturated rings. The Morgan fingerprint density at radius 3 is 2.48 bits per heavy atom. The summed E-state index contributed by atoms with van der Waals surface area (Å²) in [5, 5.41) is 9.11. The monoisotopic (exact) mass is 644 g/mol. The molecule has 0 atom stereocenters. The first-order valence-electron chi connectivity index (χ1n) is 14.7. The average Bonchev–Trinajstić information content (AvgIpc) is 3.36. The molecular weight excluding hydrogens is 610 g/mol. The summed E-state index contributed by atoms with van der Waals surface area (Å²) in [4.78, 5) is 4.47. The maximum absolute atomic E-state index is 15.7. The van der Waals surface area contributed by atoms with E-state index in [-0.39, 0.29) is 34.1 Å². The number of hydrogen-bond donors (Lipinski definition) is 3. The zero-order valence-electron chi connectivity index (χ0n) is 24.5. The Morgan fingerprint density at radius 2 is 1.82 bits per heavy atom. The second kappa shape index (κ2) is 12.2. The minimum absolute atomic E-state index is 0.104. The minimum atomic E-state index is -4.10. The molecule has 234 valence electrons. The molecule has 13 heteroatoms. The van der Waals surface area contributed by atoms with Crippen LogP contribution in [0.25, 0.3) is 22.2 Å². The van der Waals surface area contributed by atoms with E-state index in [1.54, 1.807) is 35.1 Å².